The van der Waals surface area contributed by atoms with Gasteiger partial charge in [0.25, 0.3) is 5.92 Å². The lowest BCUT2D eigenvalue weighted by Gasteiger charge is -2.37. The van der Waals surface area contributed by atoms with Crippen molar-refractivity contribution in [1.29, 1.82) is 0 Å². The fraction of sp³-hybridized carbons (Fsp3) is 0.588. The van der Waals surface area contributed by atoms with Gasteiger partial charge in [-0.05, 0) is 39.0 Å². The molecule has 144 valence electrons. The fourth-order valence-corrected chi connectivity index (χ4v) is 2.24. The molecule has 0 spiro atoms. The number of alkyl halides is 2. The summed E-state index contributed by atoms with van der Waals surface area (Å²) in [6.07, 6.45) is 0. The van der Waals surface area contributed by atoms with Crippen molar-refractivity contribution in [2.24, 2.45) is 5.73 Å². The number of carbonyl (C=O) groups excluding carboxylic acids is 1. The predicted molar refractivity (Wildman–Crippen MR) is 94.0 cm³/mol. The summed E-state index contributed by atoms with van der Waals surface area (Å²) in [5.41, 5.74) is 3.13. The second-order valence-electron chi connectivity index (χ2n) is 5.37. The van der Waals surface area contributed by atoms with Crippen LogP contribution in [0.2, 0.25) is 0 Å². The quantitative estimate of drug-likeness (QED) is 0.645. The van der Waals surface area contributed by atoms with Crippen LogP contribution in [-0.2, 0) is 14.3 Å². The van der Waals surface area contributed by atoms with Gasteiger partial charge in [0.1, 0.15) is 24.1 Å². The number of carbonyl (C=O) groups is 1. The normalized spacial score (nSPS) is 12.9. The molecule has 0 aliphatic rings. The molecule has 2 N–H and O–H groups in total. The first-order valence-electron chi connectivity index (χ1n) is 7.91. The average Bonchev–Trinajstić information content (AvgIpc) is 2.56. The number of hydrogen-bond acceptors (Lipinski definition) is 4. The molecule has 0 bridgehead atoms. The molecule has 1 aromatic carbocycles. The zero-order valence-corrected chi connectivity index (χ0v) is 16.6. The Bertz CT molecular complexity index is 568. The monoisotopic (exact) mass is 427 g/mol. The minimum Gasteiger partial charge on any atom is -0.464 e. The fourth-order valence-electron chi connectivity index (χ4n) is 1.86. The van der Waals surface area contributed by atoms with Crippen molar-refractivity contribution < 1.29 is 27.4 Å². The molecule has 0 aliphatic carbocycles. The first kappa shape index (κ1) is 23.9. The number of ether oxygens (including phenoxy) is 2. The van der Waals surface area contributed by atoms with E-state index in [2.05, 4.69) is 20.7 Å². The highest BCUT2D eigenvalue weighted by Gasteiger charge is 2.54. The van der Waals surface area contributed by atoms with Crippen LogP contribution in [0.3, 0.4) is 0 Å². The van der Waals surface area contributed by atoms with Gasteiger partial charge in [-0.1, -0.05) is 29.8 Å². The summed E-state index contributed by atoms with van der Waals surface area (Å²) in [5, 5.41) is 0. The lowest BCUT2D eigenvalue weighted by Crippen LogP contribution is -2.52. The van der Waals surface area contributed by atoms with Gasteiger partial charge >= 0.3 is 5.97 Å². The highest BCUT2D eigenvalue weighted by Crippen LogP contribution is 2.41. The SMILES string of the molecule is CC.CCOC(=O)COC(C)(C)C(F)(F)C(N)c1cc(Br)ccc1F. The number of halogens is 4. The van der Waals surface area contributed by atoms with Gasteiger partial charge in [0.05, 0.1) is 6.61 Å². The Balaban J connectivity index is 0.00000277. The van der Waals surface area contributed by atoms with Gasteiger partial charge in [-0.2, -0.15) is 0 Å². The van der Waals surface area contributed by atoms with Crippen LogP contribution < -0.4 is 5.73 Å². The maximum atomic E-state index is 14.6. The van der Waals surface area contributed by atoms with Crippen LogP contribution in [0, 0.1) is 5.82 Å². The molecular weight excluding hydrogens is 403 g/mol. The molecule has 1 atom stereocenters. The second kappa shape index (κ2) is 10.1. The van der Waals surface area contributed by atoms with E-state index in [1.807, 2.05) is 13.8 Å². The Morgan fingerprint density at radius 1 is 1.32 bits per heavy atom. The van der Waals surface area contributed by atoms with Crippen LogP contribution in [0.15, 0.2) is 22.7 Å². The molecular formula is C17H25BrF3NO3. The summed E-state index contributed by atoms with van der Waals surface area (Å²) in [6.45, 7) is 7.22. The summed E-state index contributed by atoms with van der Waals surface area (Å²) < 4.78 is 53.1. The van der Waals surface area contributed by atoms with Crippen molar-refractivity contribution in [3.63, 3.8) is 0 Å². The van der Waals surface area contributed by atoms with E-state index >= 15 is 0 Å². The zero-order chi connectivity index (χ0) is 19.8. The zero-order valence-electron chi connectivity index (χ0n) is 15.0. The highest BCUT2D eigenvalue weighted by atomic mass is 79.9. The van der Waals surface area contributed by atoms with Gasteiger partial charge in [0, 0.05) is 10.0 Å². The van der Waals surface area contributed by atoms with Gasteiger partial charge < -0.3 is 15.2 Å². The maximum absolute atomic E-state index is 14.6. The van der Waals surface area contributed by atoms with Crippen LogP contribution in [0.25, 0.3) is 0 Å². The smallest absolute Gasteiger partial charge is 0.332 e. The van der Waals surface area contributed by atoms with E-state index < -0.39 is 36.0 Å². The van der Waals surface area contributed by atoms with E-state index in [4.69, 9.17) is 10.5 Å². The first-order valence-corrected chi connectivity index (χ1v) is 8.70. The van der Waals surface area contributed by atoms with Gasteiger partial charge in [-0.25, -0.2) is 18.0 Å². The molecule has 1 aromatic rings. The Kier molecular flexibility index (Phi) is 9.68. The average molecular weight is 428 g/mol. The van der Waals surface area contributed by atoms with Crippen molar-refractivity contribution in [3.8, 4) is 0 Å². The molecule has 4 nitrogen and oxygen atoms in total. The minimum absolute atomic E-state index is 0.113. The lowest BCUT2D eigenvalue weighted by atomic mass is 9.89. The van der Waals surface area contributed by atoms with Gasteiger partial charge in [0.15, 0.2) is 0 Å². The molecule has 0 aromatic heterocycles. The number of esters is 1. The van der Waals surface area contributed by atoms with Crippen molar-refractivity contribution in [2.45, 2.75) is 52.2 Å². The Hall–Kier alpha value is -1.12. The van der Waals surface area contributed by atoms with Crippen LogP contribution in [0.5, 0.6) is 0 Å². The standard InChI is InChI=1S/C15H19BrF3NO3.C2H6/c1-4-22-12(21)8-23-14(2,3)15(18,19)13(20)10-7-9(16)5-6-11(10)17;1-2/h5-7,13H,4,8,20H2,1-3H3;1-2H3. The van der Waals surface area contributed by atoms with Crippen LogP contribution in [0.4, 0.5) is 13.2 Å². The number of benzene rings is 1. The molecule has 8 heteroatoms. The van der Waals surface area contributed by atoms with Gasteiger partial charge in [0.2, 0.25) is 0 Å². The third-order valence-electron chi connectivity index (χ3n) is 3.34. The van der Waals surface area contributed by atoms with E-state index in [1.165, 1.54) is 12.1 Å². The summed E-state index contributed by atoms with van der Waals surface area (Å²) >= 11 is 3.09. The van der Waals surface area contributed by atoms with Crippen molar-refractivity contribution in [2.75, 3.05) is 13.2 Å². The van der Waals surface area contributed by atoms with Gasteiger partial charge in [-0.3, -0.25) is 0 Å². The summed E-state index contributed by atoms with van der Waals surface area (Å²) in [4.78, 5) is 11.3. The van der Waals surface area contributed by atoms with E-state index in [1.54, 1.807) is 6.92 Å². The van der Waals surface area contributed by atoms with Crippen molar-refractivity contribution in [1.82, 2.24) is 0 Å². The Labute approximate surface area is 155 Å². The van der Waals surface area contributed by atoms with E-state index in [9.17, 15) is 18.0 Å². The second-order valence-corrected chi connectivity index (χ2v) is 6.29. The minimum atomic E-state index is -3.64. The highest BCUT2D eigenvalue weighted by molar-refractivity contribution is 9.10. The Morgan fingerprint density at radius 3 is 2.40 bits per heavy atom. The molecule has 0 amide bonds. The third kappa shape index (κ3) is 6.27. The molecule has 1 unspecified atom stereocenters. The Morgan fingerprint density at radius 2 is 1.88 bits per heavy atom. The van der Waals surface area contributed by atoms with Crippen LogP contribution in [0.1, 0.15) is 46.2 Å². The van der Waals surface area contributed by atoms with Crippen LogP contribution >= 0.6 is 15.9 Å². The lowest BCUT2D eigenvalue weighted by molar-refractivity contribution is -0.209. The van der Waals surface area contributed by atoms with E-state index in [-0.39, 0.29) is 12.2 Å². The number of rotatable bonds is 7. The van der Waals surface area contributed by atoms with E-state index in [0.717, 1.165) is 19.9 Å². The molecule has 25 heavy (non-hydrogen) atoms. The maximum Gasteiger partial charge on any atom is 0.332 e. The predicted octanol–water partition coefficient (Wildman–Crippen LogP) is 4.61. The third-order valence-corrected chi connectivity index (χ3v) is 3.84. The molecule has 1 rings (SSSR count). The molecule has 0 radical (unpaired) electrons. The van der Waals surface area contributed by atoms with Gasteiger partial charge in [-0.15, -0.1) is 0 Å². The van der Waals surface area contributed by atoms with Crippen LogP contribution in [-0.4, -0.2) is 30.7 Å². The van der Waals surface area contributed by atoms with Crippen molar-refractivity contribution >= 4 is 21.9 Å². The van der Waals surface area contributed by atoms with Crippen molar-refractivity contribution in [3.05, 3.63) is 34.1 Å². The molecule has 0 fully saturated rings. The molecule has 0 aliphatic heterocycles. The molecule has 0 saturated heterocycles. The molecule has 0 heterocycles. The molecule has 0 saturated carbocycles. The largest absolute Gasteiger partial charge is 0.464 e. The summed E-state index contributed by atoms with van der Waals surface area (Å²) in [7, 11) is 0. The summed E-state index contributed by atoms with van der Waals surface area (Å²) in [6, 6.07) is 1.67. The van der Waals surface area contributed by atoms with E-state index in [0.29, 0.717) is 4.47 Å². The first-order chi connectivity index (χ1) is 11.5. The summed E-state index contributed by atoms with van der Waals surface area (Å²) in [5.74, 6) is -5.25. The number of nitrogens with two attached hydrogens (primary N) is 1. The topological polar surface area (TPSA) is 61.5 Å². The number of hydrogen-bond donors (Lipinski definition) is 1.